The van der Waals surface area contributed by atoms with Gasteiger partial charge in [0.1, 0.15) is 23.4 Å². The van der Waals surface area contributed by atoms with Gasteiger partial charge in [0.15, 0.2) is 4.34 Å². The van der Waals surface area contributed by atoms with Crippen LogP contribution in [0.15, 0.2) is 94.8 Å². The number of aliphatic hydroxyl groups is 1. The zero-order valence-corrected chi connectivity index (χ0v) is 28.5. The van der Waals surface area contributed by atoms with Crippen molar-refractivity contribution in [2.45, 2.75) is 55.9 Å². The smallest absolute Gasteiger partial charge is 0.301 e. The van der Waals surface area contributed by atoms with E-state index in [9.17, 15) is 14.7 Å². The van der Waals surface area contributed by atoms with E-state index in [0.29, 0.717) is 45.9 Å². The molecule has 10 heteroatoms. The molecule has 244 valence electrons. The Morgan fingerprint density at radius 2 is 1.85 bits per heavy atom. The molecule has 8 nitrogen and oxygen atoms in total. The number of ketones is 1. The summed E-state index contributed by atoms with van der Waals surface area (Å²) in [6.07, 6.45) is 1.59. The van der Waals surface area contributed by atoms with Gasteiger partial charge < -0.3 is 14.6 Å². The number of carbonyl (C=O) groups excluding carboxylic acids is 2. The molecule has 1 aromatic heterocycles. The summed E-state index contributed by atoms with van der Waals surface area (Å²) in [4.78, 5) is 29.0. The molecule has 3 heterocycles. The molecular weight excluding hydrogens is 643 g/mol. The number of aromatic nitrogens is 2. The van der Waals surface area contributed by atoms with Crippen LogP contribution in [0.1, 0.15) is 55.5 Å². The highest BCUT2D eigenvalue weighted by atomic mass is 32.2. The number of aliphatic hydroxyl groups excluding tert-OH is 1. The van der Waals surface area contributed by atoms with E-state index in [4.69, 9.17) is 9.47 Å². The van der Waals surface area contributed by atoms with Gasteiger partial charge in [-0.1, -0.05) is 91.5 Å². The maximum absolute atomic E-state index is 13.8. The summed E-state index contributed by atoms with van der Waals surface area (Å²) in [6.45, 7) is 6.79. The van der Waals surface area contributed by atoms with Crippen LogP contribution in [0.25, 0.3) is 16.5 Å². The average molecular weight is 678 g/mol. The van der Waals surface area contributed by atoms with Crippen molar-refractivity contribution in [3.05, 3.63) is 113 Å². The Bertz CT molecular complexity index is 2050. The first-order chi connectivity index (χ1) is 23.3. The van der Waals surface area contributed by atoms with E-state index in [2.05, 4.69) is 48.3 Å². The number of hydrogen-bond acceptors (Lipinski definition) is 9. The average Bonchev–Trinajstić information content (AvgIpc) is 3.78. The minimum atomic E-state index is -0.939. The SMILES string of the molecule is CC(C)CCOc1cccc([C@@H]2C(=C(O)c3ccc4c(c3)C[C@@H](C)O4)C(=O)C(=O)N2c2nnc(SCc3cccc4ccccc34)s2)c1. The highest BCUT2D eigenvalue weighted by Gasteiger charge is 2.48. The molecule has 0 aliphatic carbocycles. The lowest BCUT2D eigenvalue weighted by Gasteiger charge is -2.23. The van der Waals surface area contributed by atoms with Gasteiger partial charge in [-0.05, 0) is 77.1 Å². The Hall–Kier alpha value is -4.67. The van der Waals surface area contributed by atoms with Gasteiger partial charge in [-0.25, -0.2) is 0 Å². The lowest BCUT2D eigenvalue weighted by molar-refractivity contribution is -0.132. The minimum absolute atomic E-state index is 0.00796. The fourth-order valence-corrected chi connectivity index (χ4v) is 8.04. The number of ether oxygens (including phenoxy) is 2. The summed E-state index contributed by atoms with van der Waals surface area (Å²) < 4.78 is 12.6. The molecule has 0 bridgehead atoms. The second-order valence-electron chi connectivity index (χ2n) is 12.5. The molecule has 4 aromatic carbocycles. The van der Waals surface area contributed by atoms with Crippen LogP contribution in [-0.2, 0) is 21.8 Å². The predicted molar refractivity (Wildman–Crippen MR) is 190 cm³/mol. The van der Waals surface area contributed by atoms with Crippen molar-refractivity contribution in [1.82, 2.24) is 10.2 Å². The molecular formula is C38H35N3O5S2. The van der Waals surface area contributed by atoms with Crippen molar-refractivity contribution >= 4 is 56.5 Å². The molecule has 2 aliphatic heterocycles. The highest BCUT2D eigenvalue weighted by Crippen LogP contribution is 2.45. The zero-order valence-electron chi connectivity index (χ0n) is 26.9. The predicted octanol–water partition coefficient (Wildman–Crippen LogP) is 8.36. The van der Waals surface area contributed by atoms with Gasteiger partial charge in [0.25, 0.3) is 5.78 Å². The van der Waals surface area contributed by atoms with Gasteiger partial charge in [0, 0.05) is 17.7 Å². The first kappa shape index (κ1) is 31.9. The molecule has 1 saturated heterocycles. The van der Waals surface area contributed by atoms with E-state index in [0.717, 1.165) is 23.1 Å². The number of anilines is 1. The van der Waals surface area contributed by atoms with E-state index in [-0.39, 0.29) is 22.6 Å². The Morgan fingerprint density at radius 3 is 2.71 bits per heavy atom. The first-order valence-electron chi connectivity index (χ1n) is 16.0. The molecule has 0 saturated carbocycles. The molecule has 7 rings (SSSR count). The van der Waals surface area contributed by atoms with Crippen LogP contribution in [0, 0.1) is 5.92 Å². The second-order valence-corrected chi connectivity index (χ2v) is 14.7. The molecule has 48 heavy (non-hydrogen) atoms. The Kier molecular flexibility index (Phi) is 8.94. The zero-order chi connectivity index (χ0) is 33.4. The Labute approximate surface area is 287 Å². The monoisotopic (exact) mass is 677 g/mol. The van der Waals surface area contributed by atoms with Crippen molar-refractivity contribution < 1.29 is 24.2 Å². The van der Waals surface area contributed by atoms with Crippen LogP contribution in [0.3, 0.4) is 0 Å². The molecule has 0 unspecified atom stereocenters. The number of benzene rings is 4. The van der Waals surface area contributed by atoms with Crippen LogP contribution in [-0.4, -0.2) is 39.7 Å². The molecule has 2 aliphatic rings. The van der Waals surface area contributed by atoms with Crippen LogP contribution >= 0.6 is 23.1 Å². The normalized spacial score (nSPS) is 18.5. The minimum Gasteiger partial charge on any atom is -0.507 e. The van der Waals surface area contributed by atoms with E-state index >= 15 is 0 Å². The van der Waals surface area contributed by atoms with E-state index in [1.54, 1.807) is 12.1 Å². The van der Waals surface area contributed by atoms with Crippen LogP contribution < -0.4 is 14.4 Å². The largest absolute Gasteiger partial charge is 0.507 e. The summed E-state index contributed by atoms with van der Waals surface area (Å²) in [6, 6.07) is 26.2. The fourth-order valence-electron chi connectivity index (χ4n) is 6.17. The van der Waals surface area contributed by atoms with E-state index < -0.39 is 17.7 Å². The molecule has 5 aromatic rings. The van der Waals surface area contributed by atoms with Gasteiger partial charge in [0.05, 0.1) is 18.2 Å². The number of amides is 1. The van der Waals surface area contributed by atoms with Gasteiger partial charge in [-0.15, -0.1) is 10.2 Å². The van der Waals surface area contributed by atoms with Crippen LogP contribution in [0.4, 0.5) is 5.13 Å². The molecule has 1 amide bonds. The topological polar surface area (TPSA) is 102 Å². The summed E-state index contributed by atoms with van der Waals surface area (Å²) >= 11 is 2.77. The number of nitrogens with zero attached hydrogens (tertiary/aromatic N) is 3. The van der Waals surface area contributed by atoms with Crippen molar-refractivity contribution in [3.8, 4) is 11.5 Å². The number of thioether (sulfide) groups is 1. The van der Waals surface area contributed by atoms with Crippen molar-refractivity contribution in [2.24, 2.45) is 5.92 Å². The number of carbonyl (C=O) groups is 2. The molecule has 2 atom stereocenters. The lowest BCUT2D eigenvalue weighted by Crippen LogP contribution is -2.29. The third-order valence-corrected chi connectivity index (χ3v) is 10.7. The van der Waals surface area contributed by atoms with Gasteiger partial charge in [-0.2, -0.15) is 0 Å². The molecule has 0 radical (unpaired) electrons. The maximum atomic E-state index is 13.8. The third-order valence-electron chi connectivity index (χ3n) is 8.58. The third kappa shape index (κ3) is 6.30. The standard InChI is InChI=1S/C38H35N3O5S2/c1-22(2)16-17-45-29-12-7-10-25(20-29)33-32(34(42)26-14-15-31-28(19-26)18-23(3)46-31)35(43)36(44)41(33)37-39-40-38(48-37)47-21-27-11-6-9-24-8-4-5-13-30(24)27/h4-15,19-20,22-23,33,42H,16-18,21H2,1-3H3/t23-,33-/m1/s1. The molecule has 0 spiro atoms. The highest BCUT2D eigenvalue weighted by molar-refractivity contribution is 8.00. The lowest BCUT2D eigenvalue weighted by atomic mass is 9.94. The van der Waals surface area contributed by atoms with Crippen LogP contribution in [0.2, 0.25) is 0 Å². The number of hydrogen-bond donors (Lipinski definition) is 1. The van der Waals surface area contributed by atoms with Gasteiger partial charge >= 0.3 is 5.91 Å². The summed E-state index contributed by atoms with van der Waals surface area (Å²) in [5.74, 6) is 0.710. The van der Waals surface area contributed by atoms with Gasteiger partial charge in [-0.3, -0.25) is 14.5 Å². The number of fused-ring (bicyclic) bond motifs is 2. The Morgan fingerprint density at radius 1 is 1.04 bits per heavy atom. The maximum Gasteiger partial charge on any atom is 0.301 e. The van der Waals surface area contributed by atoms with Crippen molar-refractivity contribution in [2.75, 3.05) is 11.5 Å². The molecule has 1 fully saturated rings. The summed E-state index contributed by atoms with van der Waals surface area (Å²) in [5.41, 5.74) is 3.17. The Balaban J connectivity index is 1.25. The van der Waals surface area contributed by atoms with Crippen molar-refractivity contribution in [3.63, 3.8) is 0 Å². The quantitative estimate of drug-likeness (QED) is 0.0518. The van der Waals surface area contributed by atoms with E-state index in [1.807, 2.05) is 55.5 Å². The molecule has 1 N–H and O–H groups in total. The number of Topliss-reactive ketones (excluding diaryl/α,β-unsaturated/α-hetero) is 1. The number of rotatable bonds is 10. The summed E-state index contributed by atoms with van der Waals surface area (Å²) in [5, 5.41) is 23.2. The van der Waals surface area contributed by atoms with Crippen LogP contribution in [0.5, 0.6) is 11.5 Å². The second kappa shape index (κ2) is 13.4. The summed E-state index contributed by atoms with van der Waals surface area (Å²) in [7, 11) is 0. The fraction of sp³-hybridized carbons (Fsp3) is 0.263. The first-order valence-corrected chi connectivity index (χ1v) is 17.8. The van der Waals surface area contributed by atoms with Crippen molar-refractivity contribution in [1.29, 1.82) is 0 Å². The van der Waals surface area contributed by atoms with E-state index in [1.165, 1.54) is 38.9 Å². The van der Waals surface area contributed by atoms with Gasteiger partial charge in [0.2, 0.25) is 5.13 Å².